The van der Waals surface area contributed by atoms with Crippen molar-refractivity contribution in [1.82, 2.24) is 20.4 Å². The Morgan fingerprint density at radius 3 is 2.09 bits per heavy atom. The van der Waals surface area contributed by atoms with E-state index in [-0.39, 0.29) is 56.5 Å². The molecule has 0 radical (unpaired) electrons. The fraction of sp³-hybridized carbons (Fsp3) is 0.405. The lowest BCUT2D eigenvalue weighted by atomic mass is 9.98. The molecule has 5 N–H and O–H groups in total. The van der Waals surface area contributed by atoms with Crippen LogP contribution < -0.4 is 16.4 Å². The Morgan fingerprint density at radius 2 is 1.49 bits per heavy atom. The maximum atomic E-state index is 14.3. The van der Waals surface area contributed by atoms with E-state index >= 15 is 0 Å². The number of methoxy groups -OCH3 is 1. The van der Waals surface area contributed by atoms with E-state index in [0.717, 1.165) is 29.4 Å². The lowest BCUT2D eigenvalue weighted by Crippen LogP contribution is -2.63. The number of carbonyl (C=O) groups excluding carboxylic acids is 6. The van der Waals surface area contributed by atoms with E-state index in [1.165, 1.54) is 34.1 Å². The summed E-state index contributed by atoms with van der Waals surface area (Å²) >= 11 is 0. The first-order valence-electron chi connectivity index (χ1n) is 18.9. The number of carbonyl (C=O) groups is 6. The first-order chi connectivity index (χ1) is 27.2. The zero-order chi connectivity index (χ0) is 41.3. The number of hydrogen-bond donors (Lipinski definition) is 4. The zero-order valence-electron chi connectivity index (χ0n) is 32.7. The van der Waals surface area contributed by atoms with Gasteiger partial charge in [0.05, 0.1) is 13.5 Å². The molecule has 0 aromatic heterocycles. The summed E-state index contributed by atoms with van der Waals surface area (Å²) in [6.45, 7) is 5.07. The number of alkyl carbamates (subject to hydrolysis) is 1. The molecule has 4 amide bonds. The van der Waals surface area contributed by atoms with Gasteiger partial charge in [0.1, 0.15) is 36.7 Å². The van der Waals surface area contributed by atoms with E-state index in [9.17, 15) is 28.8 Å². The molecular weight excluding hydrogens is 732 g/mol. The van der Waals surface area contributed by atoms with Crippen molar-refractivity contribution < 1.29 is 43.0 Å². The molecule has 3 aromatic rings. The molecule has 0 bridgehead atoms. The monoisotopic (exact) mass is 782 g/mol. The Hall–Kier alpha value is -6.25. The van der Waals surface area contributed by atoms with Crippen LogP contribution in [-0.2, 0) is 33.4 Å². The molecular formula is C42H50N6O9. The molecule has 1 aliphatic carbocycles. The average molecular weight is 783 g/mol. The number of rotatable bonds is 15. The zero-order valence-corrected chi connectivity index (χ0v) is 32.7. The summed E-state index contributed by atoms with van der Waals surface area (Å²) in [4.78, 5) is 81.8. The molecule has 3 aromatic carbocycles. The van der Waals surface area contributed by atoms with Crippen molar-refractivity contribution >= 4 is 41.6 Å². The fourth-order valence-electron chi connectivity index (χ4n) is 7.04. The van der Waals surface area contributed by atoms with Crippen LogP contribution in [0.4, 0.5) is 4.79 Å². The number of nitrogens with zero attached hydrogens (tertiary/aromatic N) is 2. The Morgan fingerprint density at radius 1 is 0.877 bits per heavy atom. The summed E-state index contributed by atoms with van der Waals surface area (Å²) < 4.78 is 15.8. The first-order valence-corrected chi connectivity index (χ1v) is 18.9. The number of amides is 4. The van der Waals surface area contributed by atoms with Crippen LogP contribution in [-0.4, -0.2) is 109 Å². The predicted molar refractivity (Wildman–Crippen MR) is 210 cm³/mol. The number of benzene rings is 3. The molecule has 15 nitrogen and oxygen atoms in total. The number of nitrogen functional groups attached to an aromatic ring is 1. The van der Waals surface area contributed by atoms with E-state index in [4.69, 9.17) is 25.4 Å². The SMILES string of the molecule is COC(=O)CC1C(=O)N(CC(=O)OC(C)(C)C)CCN1C(=O)[C@@H](CCCCNC(=O)OCC1c2ccccc2-c2ccccc21)NC(=O)c1ccc(C(=N)N)cc1. The van der Waals surface area contributed by atoms with Crippen molar-refractivity contribution in [3.63, 3.8) is 0 Å². The van der Waals surface area contributed by atoms with Crippen LogP contribution in [0.1, 0.15) is 79.4 Å². The molecule has 1 aliphatic heterocycles. The Labute approximate surface area is 331 Å². The van der Waals surface area contributed by atoms with Gasteiger partial charge < -0.3 is 40.4 Å². The van der Waals surface area contributed by atoms with E-state index in [1.807, 2.05) is 36.4 Å². The Bertz CT molecular complexity index is 1950. The van der Waals surface area contributed by atoms with Gasteiger partial charge in [0.2, 0.25) is 11.8 Å². The minimum absolute atomic E-state index is 0.0152. The average Bonchev–Trinajstić information content (AvgIpc) is 3.50. The normalized spacial score (nSPS) is 15.5. The minimum Gasteiger partial charge on any atom is -0.469 e. The molecule has 2 atom stereocenters. The van der Waals surface area contributed by atoms with Crippen LogP contribution in [0.2, 0.25) is 0 Å². The number of piperazine rings is 1. The third-order valence-corrected chi connectivity index (χ3v) is 9.79. The van der Waals surface area contributed by atoms with Crippen molar-refractivity contribution in [2.45, 2.75) is 70.1 Å². The lowest BCUT2D eigenvalue weighted by Gasteiger charge is -2.41. The highest BCUT2D eigenvalue weighted by atomic mass is 16.6. The second-order valence-electron chi connectivity index (χ2n) is 14.9. The molecule has 0 saturated carbocycles. The van der Waals surface area contributed by atoms with Crippen LogP contribution in [0.15, 0.2) is 72.8 Å². The highest BCUT2D eigenvalue weighted by Crippen LogP contribution is 2.44. The van der Waals surface area contributed by atoms with Gasteiger partial charge >= 0.3 is 18.0 Å². The van der Waals surface area contributed by atoms with Gasteiger partial charge in [-0.3, -0.25) is 29.4 Å². The van der Waals surface area contributed by atoms with Crippen molar-refractivity contribution in [3.8, 4) is 11.1 Å². The molecule has 15 heteroatoms. The number of amidine groups is 1. The Kier molecular flexibility index (Phi) is 13.7. The molecule has 57 heavy (non-hydrogen) atoms. The standard InChI is InChI=1S/C42H50N6O9/c1-42(2,3)57-36(50)24-47-21-22-48(34(40(47)53)23-35(49)55-4)39(52)33(46-38(51)27-18-16-26(17-19-27)37(43)44)15-9-10-20-45-41(54)56-25-32-30-13-7-5-11-28(30)29-12-6-8-14-31(29)32/h5-8,11-14,16-19,32-34H,9-10,15,20-25H2,1-4H3,(H3,43,44)(H,45,54)(H,46,51)/t33-,34?/m1/s1. The maximum absolute atomic E-state index is 14.3. The first kappa shape index (κ1) is 41.9. The summed E-state index contributed by atoms with van der Waals surface area (Å²) in [5.41, 5.74) is 9.83. The number of nitrogens with one attached hydrogen (secondary N) is 3. The van der Waals surface area contributed by atoms with E-state index in [0.29, 0.717) is 18.4 Å². The third-order valence-electron chi connectivity index (χ3n) is 9.79. The van der Waals surface area contributed by atoms with E-state index in [1.54, 1.807) is 20.8 Å². The molecule has 5 rings (SSSR count). The second-order valence-corrected chi connectivity index (χ2v) is 14.9. The highest BCUT2D eigenvalue weighted by molar-refractivity contribution is 6.01. The van der Waals surface area contributed by atoms with Crippen LogP contribution in [0.3, 0.4) is 0 Å². The van der Waals surface area contributed by atoms with E-state index in [2.05, 4.69) is 22.8 Å². The Balaban J connectivity index is 1.23. The lowest BCUT2D eigenvalue weighted by molar-refractivity contribution is -0.164. The van der Waals surface area contributed by atoms with Crippen molar-refractivity contribution in [3.05, 3.63) is 95.1 Å². The number of esters is 2. The predicted octanol–water partition coefficient (Wildman–Crippen LogP) is 3.72. The van der Waals surface area contributed by atoms with E-state index < -0.39 is 59.9 Å². The summed E-state index contributed by atoms with van der Waals surface area (Å²) in [6, 6.07) is 19.6. The number of unbranched alkanes of at least 4 members (excludes halogenated alkanes) is 1. The summed E-state index contributed by atoms with van der Waals surface area (Å²) in [5, 5.41) is 13.2. The molecule has 1 saturated heterocycles. The van der Waals surface area contributed by atoms with Crippen LogP contribution >= 0.6 is 0 Å². The van der Waals surface area contributed by atoms with Gasteiger partial charge in [-0.05, 0) is 74.4 Å². The number of hydrogen-bond acceptors (Lipinski definition) is 10. The van der Waals surface area contributed by atoms with Gasteiger partial charge in [0.15, 0.2) is 0 Å². The molecule has 0 spiro atoms. The number of ether oxygens (including phenoxy) is 3. The smallest absolute Gasteiger partial charge is 0.407 e. The quantitative estimate of drug-likeness (QED) is 0.0577. The molecule has 302 valence electrons. The van der Waals surface area contributed by atoms with Crippen molar-refractivity contribution in [2.24, 2.45) is 5.73 Å². The summed E-state index contributed by atoms with van der Waals surface area (Å²) in [5.74, 6) is -3.47. The van der Waals surface area contributed by atoms with Gasteiger partial charge in [-0.25, -0.2) is 4.79 Å². The second kappa shape index (κ2) is 18.6. The third kappa shape index (κ3) is 10.7. The topological polar surface area (TPSA) is 211 Å². The summed E-state index contributed by atoms with van der Waals surface area (Å²) in [6.07, 6.45) is -0.133. The van der Waals surface area contributed by atoms with Gasteiger partial charge in [-0.2, -0.15) is 0 Å². The van der Waals surface area contributed by atoms with Crippen LogP contribution in [0.5, 0.6) is 0 Å². The number of fused-ring (bicyclic) bond motifs is 3. The summed E-state index contributed by atoms with van der Waals surface area (Å²) in [7, 11) is 1.16. The van der Waals surface area contributed by atoms with Gasteiger partial charge in [-0.1, -0.05) is 60.7 Å². The van der Waals surface area contributed by atoms with Crippen molar-refractivity contribution in [2.75, 3.05) is 39.9 Å². The molecule has 2 aliphatic rings. The van der Waals surface area contributed by atoms with Crippen LogP contribution in [0, 0.1) is 5.41 Å². The van der Waals surface area contributed by atoms with Crippen LogP contribution in [0.25, 0.3) is 11.1 Å². The van der Waals surface area contributed by atoms with Gasteiger partial charge in [0.25, 0.3) is 5.91 Å². The van der Waals surface area contributed by atoms with Gasteiger partial charge in [-0.15, -0.1) is 0 Å². The fourth-order valence-corrected chi connectivity index (χ4v) is 7.04. The minimum atomic E-state index is -1.30. The largest absolute Gasteiger partial charge is 0.469 e. The molecule has 1 heterocycles. The highest BCUT2D eigenvalue weighted by Gasteiger charge is 2.42. The number of nitrogens with two attached hydrogens (primary N) is 1. The van der Waals surface area contributed by atoms with Gasteiger partial charge in [0, 0.05) is 36.7 Å². The maximum Gasteiger partial charge on any atom is 0.407 e. The van der Waals surface area contributed by atoms with Crippen molar-refractivity contribution in [1.29, 1.82) is 5.41 Å². The molecule has 1 fully saturated rings. The molecule has 1 unspecified atom stereocenters.